The van der Waals surface area contributed by atoms with Crippen molar-refractivity contribution in [3.8, 4) is 5.75 Å². The SMILES string of the molecule is Cc1ccc(OCCC(=O)N(C)C2CCNC2)c(C)c1. The van der Waals surface area contributed by atoms with Crippen LogP contribution in [0, 0.1) is 13.8 Å². The first kappa shape index (κ1) is 14.9. The molecule has 1 N–H and O–H groups in total. The molecule has 0 aliphatic carbocycles. The number of hydrogen-bond acceptors (Lipinski definition) is 3. The van der Waals surface area contributed by atoms with E-state index in [9.17, 15) is 4.79 Å². The first-order valence-electron chi connectivity index (χ1n) is 7.24. The molecule has 4 nitrogen and oxygen atoms in total. The van der Waals surface area contributed by atoms with Crippen LogP contribution in [0.25, 0.3) is 0 Å². The number of hydrogen-bond donors (Lipinski definition) is 1. The maximum Gasteiger partial charge on any atom is 0.226 e. The van der Waals surface area contributed by atoms with Crippen LogP contribution >= 0.6 is 0 Å². The zero-order valence-electron chi connectivity index (χ0n) is 12.6. The molecule has 0 aromatic heterocycles. The average molecular weight is 276 g/mol. The number of benzene rings is 1. The number of nitrogens with zero attached hydrogens (tertiary/aromatic N) is 1. The second-order valence-electron chi connectivity index (χ2n) is 5.52. The summed E-state index contributed by atoms with van der Waals surface area (Å²) in [5.41, 5.74) is 2.34. The fourth-order valence-electron chi connectivity index (χ4n) is 2.56. The van der Waals surface area contributed by atoms with Gasteiger partial charge in [-0.05, 0) is 38.4 Å². The van der Waals surface area contributed by atoms with Crippen LogP contribution in [0.3, 0.4) is 0 Å². The van der Waals surface area contributed by atoms with Gasteiger partial charge in [0.1, 0.15) is 5.75 Å². The molecule has 1 aromatic rings. The van der Waals surface area contributed by atoms with Gasteiger partial charge in [-0.1, -0.05) is 17.7 Å². The van der Waals surface area contributed by atoms with Crippen LogP contribution < -0.4 is 10.1 Å². The quantitative estimate of drug-likeness (QED) is 0.893. The molecule has 0 spiro atoms. The Hall–Kier alpha value is -1.55. The van der Waals surface area contributed by atoms with Gasteiger partial charge in [-0.25, -0.2) is 0 Å². The summed E-state index contributed by atoms with van der Waals surface area (Å²) in [5, 5.41) is 3.28. The molecule has 1 aliphatic rings. The van der Waals surface area contributed by atoms with Crippen molar-refractivity contribution < 1.29 is 9.53 Å². The topological polar surface area (TPSA) is 41.6 Å². The van der Waals surface area contributed by atoms with Crippen LogP contribution in [-0.4, -0.2) is 43.6 Å². The molecule has 2 rings (SSSR count). The lowest BCUT2D eigenvalue weighted by Gasteiger charge is -2.23. The summed E-state index contributed by atoms with van der Waals surface area (Å²) in [6, 6.07) is 6.43. The van der Waals surface area contributed by atoms with Crippen molar-refractivity contribution in [1.82, 2.24) is 10.2 Å². The van der Waals surface area contributed by atoms with Crippen molar-refractivity contribution in [2.45, 2.75) is 32.7 Å². The molecule has 1 atom stereocenters. The highest BCUT2D eigenvalue weighted by Gasteiger charge is 2.22. The van der Waals surface area contributed by atoms with Crippen LogP contribution in [0.5, 0.6) is 5.75 Å². The van der Waals surface area contributed by atoms with Crippen LogP contribution in [0.2, 0.25) is 0 Å². The predicted octanol–water partition coefficient (Wildman–Crippen LogP) is 1.89. The molecule has 0 bridgehead atoms. The average Bonchev–Trinajstić information content (AvgIpc) is 2.94. The Kier molecular flexibility index (Phi) is 5.01. The maximum absolute atomic E-state index is 12.1. The van der Waals surface area contributed by atoms with E-state index in [2.05, 4.69) is 18.3 Å². The van der Waals surface area contributed by atoms with Gasteiger partial charge < -0.3 is 15.0 Å². The van der Waals surface area contributed by atoms with Crippen molar-refractivity contribution >= 4 is 5.91 Å². The Balaban J connectivity index is 1.78. The predicted molar refractivity (Wildman–Crippen MR) is 80.1 cm³/mol. The van der Waals surface area contributed by atoms with Gasteiger partial charge in [-0.15, -0.1) is 0 Å². The second kappa shape index (κ2) is 6.75. The Labute approximate surface area is 121 Å². The van der Waals surface area contributed by atoms with Gasteiger partial charge in [0, 0.05) is 19.6 Å². The standard InChI is InChI=1S/C16H24N2O2/c1-12-4-5-15(13(2)10-12)20-9-7-16(19)18(3)14-6-8-17-11-14/h4-5,10,14,17H,6-9,11H2,1-3H3. The van der Waals surface area contributed by atoms with E-state index in [0.717, 1.165) is 30.8 Å². The third kappa shape index (κ3) is 3.73. The number of ether oxygens (including phenoxy) is 1. The van der Waals surface area contributed by atoms with E-state index in [1.54, 1.807) is 0 Å². The van der Waals surface area contributed by atoms with Crippen LogP contribution in [0.15, 0.2) is 18.2 Å². The van der Waals surface area contributed by atoms with Crippen molar-refractivity contribution in [1.29, 1.82) is 0 Å². The fourth-order valence-corrected chi connectivity index (χ4v) is 2.56. The van der Waals surface area contributed by atoms with E-state index in [0.29, 0.717) is 19.1 Å². The smallest absolute Gasteiger partial charge is 0.226 e. The van der Waals surface area contributed by atoms with Gasteiger partial charge in [-0.3, -0.25) is 4.79 Å². The number of carbonyl (C=O) groups excluding carboxylic acids is 1. The van der Waals surface area contributed by atoms with Crippen molar-refractivity contribution in [2.75, 3.05) is 26.7 Å². The molecule has 0 radical (unpaired) electrons. The summed E-state index contributed by atoms with van der Waals surface area (Å²) in [7, 11) is 1.89. The number of amides is 1. The third-order valence-corrected chi connectivity index (χ3v) is 3.88. The molecule has 4 heteroatoms. The van der Waals surface area contributed by atoms with Gasteiger partial charge in [0.15, 0.2) is 0 Å². The third-order valence-electron chi connectivity index (χ3n) is 3.88. The number of rotatable bonds is 5. The summed E-state index contributed by atoms with van der Waals surface area (Å²) in [5.74, 6) is 1.03. The molecular formula is C16H24N2O2. The number of aryl methyl sites for hydroxylation is 2. The highest BCUT2D eigenvalue weighted by molar-refractivity contribution is 5.76. The van der Waals surface area contributed by atoms with Crippen LogP contribution in [0.4, 0.5) is 0 Å². The van der Waals surface area contributed by atoms with Crippen LogP contribution in [-0.2, 0) is 4.79 Å². The van der Waals surface area contributed by atoms with E-state index < -0.39 is 0 Å². The molecule has 1 aliphatic heterocycles. The molecule has 1 fully saturated rings. The summed E-state index contributed by atoms with van der Waals surface area (Å²) in [6.07, 6.45) is 1.47. The number of nitrogens with one attached hydrogen (secondary N) is 1. The lowest BCUT2D eigenvalue weighted by Crippen LogP contribution is -2.38. The van der Waals surface area contributed by atoms with Crippen LogP contribution in [0.1, 0.15) is 24.0 Å². The van der Waals surface area contributed by atoms with Crippen molar-refractivity contribution in [3.63, 3.8) is 0 Å². The van der Waals surface area contributed by atoms with E-state index in [1.165, 1.54) is 5.56 Å². The number of carbonyl (C=O) groups is 1. The minimum absolute atomic E-state index is 0.156. The molecule has 0 saturated carbocycles. The summed E-state index contributed by atoms with van der Waals surface area (Å²) in [4.78, 5) is 13.9. The van der Waals surface area contributed by atoms with Gasteiger partial charge in [-0.2, -0.15) is 0 Å². The highest BCUT2D eigenvalue weighted by Crippen LogP contribution is 2.19. The van der Waals surface area contributed by atoms with Gasteiger partial charge >= 0.3 is 0 Å². The number of likely N-dealkylation sites (N-methyl/N-ethyl adjacent to an activating group) is 1. The van der Waals surface area contributed by atoms with E-state index in [-0.39, 0.29) is 5.91 Å². The monoisotopic (exact) mass is 276 g/mol. The molecule has 1 aromatic carbocycles. The molecule has 1 saturated heterocycles. The normalized spacial score (nSPS) is 18.1. The minimum Gasteiger partial charge on any atom is -0.493 e. The summed E-state index contributed by atoms with van der Waals surface area (Å²) >= 11 is 0. The molecule has 1 amide bonds. The van der Waals surface area contributed by atoms with E-state index >= 15 is 0 Å². The lowest BCUT2D eigenvalue weighted by atomic mass is 10.1. The van der Waals surface area contributed by atoms with Gasteiger partial charge in [0.25, 0.3) is 0 Å². The van der Waals surface area contributed by atoms with Crippen molar-refractivity contribution in [2.24, 2.45) is 0 Å². The Morgan fingerprint density at radius 1 is 1.45 bits per heavy atom. The van der Waals surface area contributed by atoms with E-state index in [4.69, 9.17) is 4.74 Å². The highest BCUT2D eigenvalue weighted by atomic mass is 16.5. The second-order valence-corrected chi connectivity index (χ2v) is 5.52. The summed E-state index contributed by atoms with van der Waals surface area (Å²) < 4.78 is 5.71. The maximum atomic E-state index is 12.1. The molecule has 20 heavy (non-hydrogen) atoms. The molecular weight excluding hydrogens is 252 g/mol. The molecule has 1 heterocycles. The largest absolute Gasteiger partial charge is 0.493 e. The van der Waals surface area contributed by atoms with E-state index in [1.807, 2.05) is 31.0 Å². The molecule has 110 valence electrons. The summed E-state index contributed by atoms with van der Waals surface area (Å²) in [6.45, 7) is 6.43. The lowest BCUT2D eigenvalue weighted by molar-refractivity contribution is -0.132. The zero-order valence-corrected chi connectivity index (χ0v) is 12.6. The fraction of sp³-hybridized carbons (Fsp3) is 0.562. The first-order valence-corrected chi connectivity index (χ1v) is 7.24. The Bertz CT molecular complexity index is 468. The Morgan fingerprint density at radius 2 is 2.25 bits per heavy atom. The van der Waals surface area contributed by atoms with Gasteiger partial charge in [0.05, 0.1) is 13.0 Å². The zero-order chi connectivity index (χ0) is 14.5. The molecule has 1 unspecified atom stereocenters. The minimum atomic E-state index is 0.156. The Morgan fingerprint density at radius 3 is 2.90 bits per heavy atom. The first-order chi connectivity index (χ1) is 9.58. The van der Waals surface area contributed by atoms with Gasteiger partial charge in [0.2, 0.25) is 5.91 Å². The van der Waals surface area contributed by atoms with Crippen molar-refractivity contribution in [3.05, 3.63) is 29.3 Å².